The van der Waals surface area contributed by atoms with Crippen molar-refractivity contribution in [3.8, 4) is 11.8 Å². The van der Waals surface area contributed by atoms with Crippen molar-refractivity contribution in [1.82, 2.24) is 4.90 Å². The van der Waals surface area contributed by atoms with E-state index in [1.807, 2.05) is 0 Å². The number of nitrogens with zero attached hydrogens (tertiary/aromatic N) is 2. The van der Waals surface area contributed by atoms with Gasteiger partial charge in [-0.3, -0.25) is 4.79 Å². The van der Waals surface area contributed by atoms with Gasteiger partial charge in [-0.2, -0.15) is 26.3 Å². The van der Waals surface area contributed by atoms with Crippen molar-refractivity contribution in [3.05, 3.63) is 64.2 Å². The molecule has 31 heavy (non-hydrogen) atoms. The Balaban J connectivity index is 1.63. The maximum Gasteiger partial charge on any atom is 0.416 e. The monoisotopic (exact) mass is 460 g/mol. The number of alkyl halides is 6. The summed E-state index contributed by atoms with van der Waals surface area (Å²) in [5.41, 5.74) is -1.13. The summed E-state index contributed by atoms with van der Waals surface area (Å²) in [5, 5.41) is 0.176. The highest BCUT2D eigenvalue weighted by Gasteiger charge is 2.32. The lowest BCUT2D eigenvalue weighted by Gasteiger charge is -2.35. The van der Waals surface area contributed by atoms with Crippen molar-refractivity contribution in [2.75, 3.05) is 31.1 Å². The summed E-state index contributed by atoms with van der Waals surface area (Å²) in [6.45, 7) is 0.948. The molecule has 10 heteroatoms. The Morgan fingerprint density at radius 1 is 0.839 bits per heavy atom. The van der Waals surface area contributed by atoms with Crippen molar-refractivity contribution >= 4 is 23.2 Å². The maximum atomic E-state index is 13.0. The predicted octanol–water partition coefficient (Wildman–Crippen LogP) is 5.08. The van der Waals surface area contributed by atoms with Crippen LogP contribution in [-0.4, -0.2) is 37.0 Å². The van der Waals surface area contributed by atoms with Gasteiger partial charge < -0.3 is 9.80 Å². The lowest BCUT2D eigenvalue weighted by Crippen LogP contribution is -2.48. The first-order chi connectivity index (χ1) is 14.4. The van der Waals surface area contributed by atoms with E-state index in [4.69, 9.17) is 11.6 Å². The van der Waals surface area contributed by atoms with E-state index in [0.717, 1.165) is 24.3 Å². The molecule has 0 N–H and O–H groups in total. The number of carbonyl (C=O) groups is 1. The van der Waals surface area contributed by atoms with E-state index in [2.05, 4.69) is 11.8 Å². The number of amides is 1. The Hall–Kier alpha value is -2.86. The van der Waals surface area contributed by atoms with E-state index >= 15 is 0 Å². The van der Waals surface area contributed by atoms with Crippen LogP contribution in [0.3, 0.4) is 0 Å². The minimum Gasteiger partial charge on any atom is -0.367 e. The third kappa shape index (κ3) is 5.64. The minimum absolute atomic E-state index is 0.176. The van der Waals surface area contributed by atoms with Crippen LogP contribution in [0.25, 0.3) is 0 Å². The molecule has 1 saturated heterocycles. The van der Waals surface area contributed by atoms with Crippen LogP contribution in [0.15, 0.2) is 42.5 Å². The number of hydrogen-bond donors (Lipinski definition) is 0. The first kappa shape index (κ1) is 22.8. The smallest absolute Gasteiger partial charge is 0.367 e. The molecule has 1 fully saturated rings. The zero-order valence-corrected chi connectivity index (χ0v) is 16.6. The summed E-state index contributed by atoms with van der Waals surface area (Å²) in [6.07, 6.45) is -8.95. The number of hydrogen-bond acceptors (Lipinski definition) is 2. The average molecular weight is 461 g/mol. The van der Waals surface area contributed by atoms with E-state index in [0.29, 0.717) is 0 Å². The quantitative estimate of drug-likeness (QED) is 0.438. The van der Waals surface area contributed by atoms with E-state index < -0.39 is 29.4 Å². The SMILES string of the molecule is O=C(C#Cc1ccc(C(F)(F)F)cc1)N1CCN(c2cc(C(F)(F)F)ccc2Cl)CC1. The summed E-state index contributed by atoms with van der Waals surface area (Å²) in [6, 6.07) is 7.19. The van der Waals surface area contributed by atoms with Gasteiger partial charge in [0, 0.05) is 37.7 Å². The van der Waals surface area contributed by atoms with Crippen molar-refractivity contribution < 1.29 is 31.1 Å². The first-order valence-electron chi connectivity index (χ1n) is 9.05. The molecule has 1 heterocycles. The number of piperazine rings is 1. The normalized spacial score (nSPS) is 14.8. The third-order valence-corrected chi connectivity index (χ3v) is 5.03. The van der Waals surface area contributed by atoms with Crippen molar-refractivity contribution in [2.24, 2.45) is 0 Å². The molecular formula is C21H15ClF6N2O. The van der Waals surface area contributed by atoms with Gasteiger partial charge in [-0.1, -0.05) is 17.5 Å². The highest BCUT2D eigenvalue weighted by Crippen LogP contribution is 2.35. The predicted molar refractivity (Wildman–Crippen MR) is 104 cm³/mol. The number of carbonyl (C=O) groups excluding carboxylic acids is 1. The second kappa shape index (κ2) is 8.71. The lowest BCUT2D eigenvalue weighted by atomic mass is 10.1. The van der Waals surface area contributed by atoms with Crippen LogP contribution in [0.4, 0.5) is 32.0 Å². The average Bonchev–Trinajstić information content (AvgIpc) is 2.71. The van der Waals surface area contributed by atoms with Crippen LogP contribution in [-0.2, 0) is 17.1 Å². The maximum absolute atomic E-state index is 13.0. The molecule has 0 atom stereocenters. The molecular weight excluding hydrogens is 446 g/mol. The summed E-state index contributed by atoms with van der Waals surface area (Å²) >= 11 is 6.05. The van der Waals surface area contributed by atoms with Gasteiger partial charge in [-0.25, -0.2) is 0 Å². The Bertz CT molecular complexity index is 1010. The van der Waals surface area contributed by atoms with Crippen molar-refractivity contribution in [2.45, 2.75) is 12.4 Å². The highest BCUT2D eigenvalue weighted by molar-refractivity contribution is 6.33. The van der Waals surface area contributed by atoms with E-state index in [1.165, 1.54) is 23.1 Å². The zero-order valence-electron chi connectivity index (χ0n) is 15.8. The van der Waals surface area contributed by atoms with Crippen LogP contribution >= 0.6 is 11.6 Å². The molecule has 3 nitrogen and oxygen atoms in total. The highest BCUT2D eigenvalue weighted by atomic mass is 35.5. The number of benzene rings is 2. The van der Waals surface area contributed by atoms with Gasteiger partial charge in [0.2, 0.25) is 0 Å². The summed E-state index contributed by atoms with van der Waals surface area (Å²) in [7, 11) is 0. The fourth-order valence-corrected chi connectivity index (χ4v) is 3.27. The second-order valence-corrected chi connectivity index (χ2v) is 7.18. The van der Waals surface area contributed by atoms with Gasteiger partial charge in [-0.05, 0) is 42.5 Å². The largest absolute Gasteiger partial charge is 0.416 e. The van der Waals surface area contributed by atoms with Gasteiger partial charge in [0.05, 0.1) is 21.8 Å². The molecule has 0 bridgehead atoms. The first-order valence-corrected chi connectivity index (χ1v) is 9.43. The minimum atomic E-state index is -4.50. The topological polar surface area (TPSA) is 23.6 Å². The third-order valence-electron chi connectivity index (χ3n) is 4.71. The Morgan fingerprint density at radius 3 is 1.94 bits per heavy atom. The van der Waals surface area contributed by atoms with Crippen LogP contribution in [0, 0.1) is 11.8 Å². The van der Waals surface area contributed by atoms with E-state index in [1.54, 1.807) is 4.90 Å². The van der Waals surface area contributed by atoms with Gasteiger partial charge in [0.25, 0.3) is 5.91 Å². The summed E-state index contributed by atoms with van der Waals surface area (Å²) in [4.78, 5) is 15.4. The fourth-order valence-electron chi connectivity index (χ4n) is 3.03. The van der Waals surface area contributed by atoms with Crippen LogP contribution < -0.4 is 4.90 Å². The molecule has 2 aromatic rings. The molecule has 2 aromatic carbocycles. The summed E-state index contributed by atoms with van der Waals surface area (Å²) in [5.74, 6) is 4.39. The molecule has 0 aromatic heterocycles. The fraction of sp³-hybridized carbons (Fsp3) is 0.286. The van der Waals surface area contributed by atoms with Crippen LogP contribution in [0.5, 0.6) is 0 Å². The van der Waals surface area contributed by atoms with E-state index in [9.17, 15) is 31.1 Å². The van der Waals surface area contributed by atoms with Crippen molar-refractivity contribution in [1.29, 1.82) is 0 Å². The lowest BCUT2D eigenvalue weighted by molar-refractivity contribution is -0.138. The van der Waals surface area contributed by atoms with Gasteiger partial charge in [-0.15, -0.1) is 0 Å². The Morgan fingerprint density at radius 2 is 1.39 bits per heavy atom. The van der Waals surface area contributed by atoms with Crippen LogP contribution in [0.1, 0.15) is 16.7 Å². The number of anilines is 1. The number of rotatable bonds is 1. The standard InChI is InChI=1S/C21H15ClF6N2O/c22-17-7-6-16(21(26,27)28)13-18(17)29-9-11-30(12-10-29)19(31)8-3-14-1-4-15(5-2-14)20(23,24)25/h1-2,4-7,13H,9-12H2. The summed E-state index contributed by atoms with van der Waals surface area (Å²) < 4.78 is 76.6. The van der Waals surface area contributed by atoms with Gasteiger partial charge in [0.15, 0.2) is 0 Å². The molecule has 1 amide bonds. The molecule has 0 radical (unpaired) electrons. The Labute approximate surface area is 179 Å². The molecule has 3 rings (SSSR count). The number of halogens is 7. The molecule has 1 aliphatic heterocycles. The van der Waals surface area contributed by atoms with Gasteiger partial charge >= 0.3 is 12.4 Å². The zero-order chi connectivity index (χ0) is 22.8. The second-order valence-electron chi connectivity index (χ2n) is 6.77. The van der Waals surface area contributed by atoms with Crippen molar-refractivity contribution in [3.63, 3.8) is 0 Å². The van der Waals surface area contributed by atoms with Gasteiger partial charge in [0.1, 0.15) is 0 Å². The molecule has 1 aliphatic rings. The van der Waals surface area contributed by atoms with E-state index in [-0.39, 0.29) is 42.5 Å². The molecule has 0 unspecified atom stereocenters. The molecule has 0 spiro atoms. The molecule has 164 valence electrons. The molecule has 0 aliphatic carbocycles. The molecule has 0 saturated carbocycles. The van der Waals surface area contributed by atoms with Crippen LogP contribution in [0.2, 0.25) is 5.02 Å². The Kier molecular flexibility index (Phi) is 6.41.